The van der Waals surface area contributed by atoms with Gasteiger partial charge in [-0.25, -0.2) is 4.79 Å². The van der Waals surface area contributed by atoms with Gasteiger partial charge in [0.25, 0.3) is 0 Å². The number of aromatic nitrogens is 3. The van der Waals surface area contributed by atoms with Crippen molar-refractivity contribution in [3.05, 3.63) is 50.4 Å². The number of rotatable bonds is 2. The molecule has 0 unspecified atom stereocenters. The second-order valence-electron chi connectivity index (χ2n) is 5.92. The molecule has 2 aromatic heterocycles. The fourth-order valence-corrected chi connectivity index (χ4v) is 2.93. The van der Waals surface area contributed by atoms with Gasteiger partial charge in [0.05, 0.1) is 29.2 Å². The molecule has 6 nitrogen and oxygen atoms in total. The maximum absolute atomic E-state index is 13.8. The van der Waals surface area contributed by atoms with Crippen LogP contribution in [0.4, 0.5) is 4.48 Å². The van der Waals surface area contributed by atoms with Crippen LogP contribution in [0.25, 0.3) is 11.8 Å². The quantitative estimate of drug-likeness (QED) is 0.666. The van der Waals surface area contributed by atoms with Crippen LogP contribution in [0, 0.1) is 6.92 Å². The van der Waals surface area contributed by atoms with Crippen molar-refractivity contribution in [2.75, 3.05) is 0 Å². The molecule has 3 rings (SSSR count). The molecule has 0 saturated heterocycles. The number of hydrogen-bond donors (Lipinski definition) is 1. The van der Waals surface area contributed by atoms with Gasteiger partial charge in [-0.1, -0.05) is 29.9 Å². The second-order valence-corrected chi connectivity index (χ2v) is 6.31. The van der Waals surface area contributed by atoms with Crippen LogP contribution in [0.5, 0.6) is 5.88 Å². The lowest BCUT2D eigenvalue weighted by Crippen LogP contribution is -2.30. The number of fused-ring (bicyclic) bond motifs is 1. The first-order valence-corrected chi connectivity index (χ1v) is 7.80. The molecule has 0 aliphatic carbocycles. The van der Waals surface area contributed by atoms with Gasteiger partial charge in [0.2, 0.25) is 5.88 Å². The molecule has 2 aromatic rings. The summed E-state index contributed by atoms with van der Waals surface area (Å²) >= 11 is 5.88. The Hall–Kier alpha value is -2.41. The molecular formula is C16H16ClFN4O2. The molecular weight excluding hydrogens is 335 g/mol. The Morgan fingerprint density at radius 3 is 2.79 bits per heavy atom. The minimum atomic E-state index is -0.669. The number of nitrogens with zero attached hydrogens (tertiary/aromatic N) is 4. The SMILES string of the molecule is Cc1ccnc(C(C)C)c1-n1c2c(c(O)nc1=O)CN(F)C(Cl)=C2. The Balaban J connectivity index is 2.42. The van der Waals surface area contributed by atoms with E-state index in [1.807, 2.05) is 20.8 Å². The van der Waals surface area contributed by atoms with Crippen molar-refractivity contribution < 1.29 is 9.59 Å². The predicted molar refractivity (Wildman–Crippen MR) is 88.6 cm³/mol. The van der Waals surface area contributed by atoms with Crippen molar-refractivity contribution in [1.29, 1.82) is 0 Å². The van der Waals surface area contributed by atoms with E-state index < -0.39 is 11.6 Å². The third-order valence-electron chi connectivity index (χ3n) is 3.92. The Kier molecular flexibility index (Phi) is 4.04. The smallest absolute Gasteiger partial charge is 0.356 e. The van der Waals surface area contributed by atoms with Crippen LogP contribution < -0.4 is 5.69 Å². The van der Waals surface area contributed by atoms with Gasteiger partial charge in [-0.3, -0.25) is 9.55 Å². The summed E-state index contributed by atoms with van der Waals surface area (Å²) in [5.41, 5.74) is 1.94. The second kappa shape index (κ2) is 5.90. The van der Waals surface area contributed by atoms with Gasteiger partial charge >= 0.3 is 5.69 Å². The van der Waals surface area contributed by atoms with Crippen LogP contribution in [-0.4, -0.2) is 24.8 Å². The number of pyridine rings is 1. The van der Waals surface area contributed by atoms with E-state index in [0.29, 0.717) is 17.1 Å². The molecule has 3 heterocycles. The van der Waals surface area contributed by atoms with Crippen molar-refractivity contribution in [3.63, 3.8) is 0 Å². The van der Waals surface area contributed by atoms with Crippen LogP contribution in [0.3, 0.4) is 0 Å². The van der Waals surface area contributed by atoms with Crippen molar-refractivity contribution in [2.45, 2.75) is 33.2 Å². The van der Waals surface area contributed by atoms with Gasteiger partial charge in [-0.05, 0) is 24.5 Å². The summed E-state index contributed by atoms with van der Waals surface area (Å²) in [6.45, 7) is 5.48. The predicted octanol–water partition coefficient (Wildman–Crippen LogP) is 3.00. The summed E-state index contributed by atoms with van der Waals surface area (Å²) in [7, 11) is 0. The van der Waals surface area contributed by atoms with Gasteiger partial charge in [0, 0.05) is 12.3 Å². The zero-order valence-corrected chi connectivity index (χ0v) is 14.2. The largest absolute Gasteiger partial charge is 0.493 e. The van der Waals surface area contributed by atoms with E-state index in [4.69, 9.17) is 11.6 Å². The summed E-state index contributed by atoms with van der Waals surface area (Å²) in [5.74, 6) is -0.445. The first-order valence-electron chi connectivity index (χ1n) is 7.42. The van der Waals surface area contributed by atoms with Crippen LogP contribution >= 0.6 is 11.6 Å². The number of halogens is 2. The molecule has 0 radical (unpaired) electrons. The molecule has 1 N–H and O–H groups in total. The van der Waals surface area contributed by atoms with E-state index in [0.717, 1.165) is 5.56 Å². The average Bonchev–Trinajstić information content (AvgIpc) is 2.50. The fraction of sp³-hybridized carbons (Fsp3) is 0.312. The minimum absolute atomic E-state index is 0.0527. The highest BCUT2D eigenvalue weighted by molar-refractivity contribution is 6.31. The topological polar surface area (TPSA) is 71.2 Å². The number of hydrogen-bond acceptors (Lipinski definition) is 5. The van der Waals surface area contributed by atoms with Crippen molar-refractivity contribution in [2.24, 2.45) is 0 Å². The van der Waals surface area contributed by atoms with E-state index in [1.54, 1.807) is 12.3 Å². The lowest BCUT2D eigenvalue weighted by Gasteiger charge is -2.24. The standard InChI is InChI=1S/C16H16ClFN4O2/c1-8(2)13-14(9(3)4-5-19-13)22-11-6-12(17)21(18)7-10(11)15(23)20-16(22)24/h4-6,8H,7H2,1-3H3,(H,20,23,24). The van der Waals surface area contributed by atoms with E-state index in [2.05, 4.69) is 9.97 Å². The zero-order chi connectivity index (χ0) is 17.6. The lowest BCUT2D eigenvalue weighted by molar-refractivity contribution is 0.0702. The lowest BCUT2D eigenvalue weighted by atomic mass is 10.0. The molecule has 8 heteroatoms. The maximum Gasteiger partial charge on any atom is 0.356 e. The van der Waals surface area contributed by atoms with Crippen molar-refractivity contribution in [3.8, 4) is 11.6 Å². The third-order valence-corrected chi connectivity index (χ3v) is 4.21. The van der Waals surface area contributed by atoms with Crippen LogP contribution in [-0.2, 0) is 6.54 Å². The summed E-state index contributed by atoms with van der Waals surface area (Å²) in [6, 6.07) is 1.78. The van der Waals surface area contributed by atoms with Crippen LogP contribution in [0.1, 0.15) is 42.3 Å². The van der Waals surface area contributed by atoms with Gasteiger partial charge in [-0.2, -0.15) is 10.1 Å². The van der Waals surface area contributed by atoms with E-state index in [-0.39, 0.29) is 28.3 Å². The summed E-state index contributed by atoms with van der Waals surface area (Å²) in [5, 5.41) is 10.1. The summed E-state index contributed by atoms with van der Waals surface area (Å²) in [4.78, 5) is 20.5. The number of aromatic hydroxyl groups is 1. The van der Waals surface area contributed by atoms with Gasteiger partial charge in [0.15, 0.2) is 0 Å². The molecule has 0 spiro atoms. The molecule has 126 valence electrons. The zero-order valence-electron chi connectivity index (χ0n) is 13.4. The normalized spacial score (nSPS) is 13.9. The minimum Gasteiger partial charge on any atom is -0.493 e. The molecule has 0 bridgehead atoms. The molecule has 24 heavy (non-hydrogen) atoms. The molecule has 0 fully saturated rings. The van der Waals surface area contributed by atoms with Gasteiger partial charge < -0.3 is 5.11 Å². The van der Waals surface area contributed by atoms with E-state index >= 15 is 0 Å². The molecule has 1 aliphatic rings. The molecule has 0 saturated carbocycles. The van der Waals surface area contributed by atoms with Gasteiger partial charge in [0.1, 0.15) is 5.16 Å². The highest BCUT2D eigenvalue weighted by Crippen LogP contribution is 2.33. The first kappa shape index (κ1) is 16.4. The van der Waals surface area contributed by atoms with Crippen molar-refractivity contribution in [1.82, 2.24) is 19.7 Å². The summed E-state index contributed by atoms with van der Waals surface area (Å²) in [6.07, 6.45) is 2.98. The van der Waals surface area contributed by atoms with Crippen molar-refractivity contribution >= 4 is 17.7 Å². The van der Waals surface area contributed by atoms with E-state index in [9.17, 15) is 14.4 Å². The third kappa shape index (κ3) is 2.54. The fourth-order valence-electron chi connectivity index (χ4n) is 2.76. The summed E-state index contributed by atoms with van der Waals surface area (Å²) < 4.78 is 15.1. The Bertz CT molecular complexity index is 908. The maximum atomic E-state index is 13.8. The Morgan fingerprint density at radius 2 is 2.12 bits per heavy atom. The first-order chi connectivity index (χ1) is 11.3. The highest BCUT2D eigenvalue weighted by Gasteiger charge is 2.27. The molecule has 0 amide bonds. The Morgan fingerprint density at radius 1 is 1.42 bits per heavy atom. The van der Waals surface area contributed by atoms with Crippen LogP contribution in [0.2, 0.25) is 0 Å². The van der Waals surface area contributed by atoms with E-state index in [1.165, 1.54) is 10.6 Å². The average molecular weight is 351 g/mol. The molecule has 0 aromatic carbocycles. The highest BCUT2D eigenvalue weighted by atomic mass is 35.5. The number of aryl methyl sites for hydroxylation is 1. The molecule has 0 atom stereocenters. The Labute approximate surface area is 142 Å². The molecule has 1 aliphatic heterocycles. The van der Waals surface area contributed by atoms with Crippen LogP contribution in [0.15, 0.2) is 22.2 Å². The monoisotopic (exact) mass is 350 g/mol. The van der Waals surface area contributed by atoms with Gasteiger partial charge in [-0.15, -0.1) is 0 Å².